The second kappa shape index (κ2) is 7.38. The van der Waals surface area contributed by atoms with E-state index in [-0.39, 0.29) is 10.9 Å². The Balaban J connectivity index is 1.81. The highest BCUT2D eigenvalue weighted by Gasteiger charge is 2.14. The van der Waals surface area contributed by atoms with Crippen molar-refractivity contribution >= 4 is 10.0 Å². The first-order valence-electron chi connectivity index (χ1n) is 7.83. The molecule has 1 aliphatic carbocycles. The highest BCUT2D eigenvalue weighted by atomic mass is 32.2. The zero-order chi connectivity index (χ0) is 15.3. The third-order valence-electron chi connectivity index (χ3n) is 4.44. The quantitative estimate of drug-likeness (QED) is 0.848. The summed E-state index contributed by atoms with van der Waals surface area (Å²) < 4.78 is 22.4. The second-order valence-electron chi connectivity index (χ2n) is 6.08. The van der Waals surface area contributed by atoms with Crippen molar-refractivity contribution in [1.82, 2.24) is 5.32 Å². The minimum Gasteiger partial charge on any atom is -0.310 e. The number of nitrogens with one attached hydrogen (secondary N) is 1. The molecule has 2 rings (SSSR count). The lowest BCUT2D eigenvalue weighted by Gasteiger charge is -2.22. The molecule has 0 amide bonds. The van der Waals surface area contributed by atoms with Crippen molar-refractivity contribution < 1.29 is 8.42 Å². The van der Waals surface area contributed by atoms with Gasteiger partial charge in [-0.05, 0) is 43.5 Å². The maximum atomic E-state index is 11.2. The van der Waals surface area contributed by atoms with E-state index in [4.69, 9.17) is 5.14 Å². The highest BCUT2D eigenvalue weighted by Crippen LogP contribution is 2.26. The summed E-state index contributed by atoms with van der Waals surface area (Å²) in [5, 5.41) is 8.63. The highest BCUT2D eigenvalue weighted by molar-refractivity contribution is 7.89. The van der Waals surface area contributed by atoms with Crippen molar-refractivity contribution in [3.05, 3.63) is 29.8 Å². The number of benzene rings is 1. The molecule has 1 saturated carbocycles. The predicted octanol–water partition coefficient (Wildman–Crippen LogP) is 2.96. The van der Waals surface area contributed by atoms with Crippen molar-refractivity contribution in [3.8, 4) is 0 Å². The smallest absolute Gasteiger partial charge is 0.238 e. The Labute approximate surface area is 128 Å². The summed E-state index contributed by atoms with van der Waals surface area (Å²) in [5.74, 6) is 0.878. The standard InChI is InChI=1S/C16H26N2O2S/c1-13(18-12-11-14-5-3-2-4-6-14)15-7-9-16(10-8-15)21(17,19)20/h7-10,13-14,18H,2-6,11-12H2,1H3,(H2,17,19,20). The summed E-state index contributed by atoms with van der Waals surface area (Å²) in [4.78, 5) is 0.167. The van der Waals surface area contributed by atoms with E-state index in [1.165, 1.54) is 38.5 Å². The first-order valence-corrected chi connectivity index (χ1v) is 9.37. The lowest BCUT2D eigenvalue weighted by atomic mass is 9.87. The van der Waals surface area contributed by atoms with Gasteiger partial charge in [0.15, 0.2) is 0 Å². The van der Waals surface area contributed by atoms with Crippen LogP contribution in [0.2, 0.25) is 0 Å². The number of primary sulfonamides is 1. The van der Waals surface area contributed by atoms with E-state index in [9.17, 15) is 8.42 Å². The van der Waals surface area contributed by atoms with E-state index in [0.717, 1.165) is 18.0 Å². The molecule has 118 valence electrons. The molecular weight excluding hydrogens is 284 g/mol. The second-order valence-corrected chi connectivity index (χ2v) is 7.64. The minimum absolute atomic E-state index is 0.167. The Hall–Kier alpha value is -0.910. The summed E-state index contributed by atoms with van der Waals surface area (Å²) in [6.45, 7) is 3.12. The van der Waals surface area contributed by atoms with Crippen LogP contribution in [0.1, 0.15) is 57.1 Å². The van der Waals surface area contributed by atoms with Crippen LogP contribution in [0.25, 0.3) is 0 Å². The molecule has 1 aromatic carbocycles. The Morgan fingerprint density at radius 1 is 1.19 bits per heavy atom. The van der Waals surface area contributed by atoms with Crippen LogP contribution in [0.15, 0.2) is 29.2 Å². The van der Waals surface area contributed by atoms with Gasteiger partial charge in [-0.3, -0.25) is 0 Å². The maximum absolute atomic E-state index is 11.2. The molecule has 1 aromatic rings. The maximum Gasteiger partial charge on any atom is 0.238 e. The Bertz CT molecular complexity index is 534. The van der Waals surface area contributed by atoms with E-state index in [2.05, 4.69) is 12.2 Å². The van der Waals surface area contributed by atoms with Crippen LogP contribution in [0.3, 0.4) is 0 Å². The summed E-state index contributed by atoms with van der Waals surface area (Å²) in [7, 11) is -3.60. The first kappa shape index (κ1) is 16.5. The lowest BCUT2D eigenvalue weighted by Crippen LogP contribution is -2.22. The molecule has 5 heteroatoms. The van der Waals surface area contributed by atoms with Crippen molar-refractivity contribution in [1.29, 1.82) is 0 Å². The van der Waals surface area contributed by atoms with Gasteiger partial charge >= 0.3 is 0 Å². The van der Waals surface area contributed by atoms with Crippen LogP contribution in [-0.2, 0) is 10.0 Å². The monoisotopic (exact) mass is 310 g/mol. The van der Waals surface area contributed by atoms with Gasteiger partial charge in [0, 0.05) is 6.04 Å². The molecule has 0 spiro atoms. The molecule has 1 unspecified atom stereocenters. The Kier molecular flexibility index (Phi) is 5.79. The van der Waals surface area contributed by atoms with Gasteiger partial charge in [-0.1, -0.05) is 44.2 Å². The van der Waals surface area contributed by atoms with Gasteiger partial charge in [0.1, 0.15) is 0 Å². The topological polar surface area (TPSA) is 72.2 Å². The predicted molar refractivity (Wildman–Crippen MR) is 85.4 cm³/mol. The molecule has 4 nitrogen and oxygen atoms in total. The van der Waals surface area contributed by atoms with E-state index >= 15 is 0 Å². The van der Waals surface area contributed by atoms with E-state index < -0.39 is 10.0 Å². The van der Waals surface area contributed by atoms with Gasteiger partial charge in [-0.2, -0.15) is 0 Å². The fraction of sp³-hybridized carbons (Fsp3) is 0.625. The molecule has 1 fully saturated rings. The fourth-order valence-electron chi connectivity index (χ4n) is 3.04. The molecular formula is C16H26N2O2S. The summed E-state index contributed by atoms with van der Waals surface area (Å²) in [5.41, 5.74) is 1.09. The molecule has 0 radical (unpaired) electrons. The molecule has 0 saturated heterocycles. The van der Waals surface area contributed by atoms with E-state index in [1.54, 1.807) is 12.1 Å². The van der Waals surface area contributed by atoms with Gasteiger partial charge in [-0.25, -0.2) is 13.6 Å². The van der Waals surface area contributed by atoms with Crippen LogP contribution in [0.4, 0.5) is 0 Å². The number of sulfonamides is 1. The third kappa shape index (κ3) is 5.09. The van der Waals surface area contributed by atoms with Gasteiger partial charge in [0.05, 0.1) is 4.90 Å². The minimum atomic E-state index is -3.60. The average molecular weight is 310 g/mol. The normalized spacial score (nSPS) is 18.6. The van der Waals surface area contributed by atoms with Gasteiger partial charge < -0.3 is 5.32 Å². The van der Waals surface area contributed by atoms with Crippen LogP contribution in [-0.4, -0.2) is 15.0 Å². The number of nitrogens with two attached hydrogens (primary N) is 1. The Morgan fingerprint density at radius 3 is 2.38 bits per heavy atom. The first-order chi connectivity index (χ1) is 9.97. The number of hydrogen-bond acceptors (Lipinski definition) is 3. The molecule has 0 heterocycles. The van der Waals surface area contributed by atoms with Crippen LogP contribution >= 0.6 is 0 Å². The molecule has 1 aliphatic rings. The van der Waals surface area contributed by atoms with Gasteiger partial charge in [0.25, 0.3) is 0 Å². The summed E-state index contributed by atoms with van der Waals surface area (Å²) >= 11 is 0. The van der Waals surface area contributed by atoms with Gasteiger partial charge in [0.2, 0.25) is 10.0 Å². The number of rotatable bonds is 6. The van der Waals surface area contributed by atoms with Crippen LogP contribution in [0.5, 0.6) is 0 Å². The van der Waals surface area contributed by atoms with E-state index in [0.29, 0.717) is 0 Å². The van der Waals surface area contributed by atoms with Crippen molar-refractivity contribution in [3.63, 3.8) is 0 Å². The van der Waals surface area contributed by atoms with E-state index in [1.807, 2.05) is 12.1 Å². The molecule has 3 N–H and O–H groups in total. The zero-order valence-corrected chi connectivity index (χ0v) is 13.5. The summed E-state index contributed by atoms with van der Waals surface area (Å²) in [6.07, 6.45) is 8.15. The Morgan fingerprint density at radius 2 is 1.81 bits per heavy atom. The SMILES string of the molecule is CC(NCCC1CCCCC1)c1ccc(S(N)(=O)=O)cc1. The number of hydrogen-bond donors (Lipinski definition) is 2. The van der Waals surface area contributed by atoms with Crippen LogP contribution in [0, 0.1) is 5.92 Å². The third-order valence-corrected chi connectivity index (χ3v) is 5.37. The molecule has 21 heavy (non-hydrogen) atoms. The van der Waals surface area contributed by atoms with Crippen molar-refractivity contribution in [2.75, 3.05) is 6.54 Å². The average Bonchev–Trinajstić information content (AvgIpc) is 2.47. The summed E-state index contributed by atoms with van der Waals surface area (Å²) in [6, 6.07) is 7.03. The zero-order valence-electron chi connectivity index (χ0n) is 12.7. The molecule has 0 aromatic heterocycles. The van der Waals surface area contributed by atoms with Crippen molar-refractivity contribution in [2.45, 2.75) is 56.4 Å². The van der Waals surface area contributed by atoms with Crippen molar-refractivity contribution in [2.24, 2.45) is 11.1 Å². The fourth-order valence-corrected chi connectivity index (χ4v) is 3.56. The molecule has 0 aliphatic heterocycles. The largest absolute Gasteiger partial charge is 0.310 e. The molecule has 1 atom stereocenters. The lowest BCUT2D eigenvalue weighted by molar-refractivity contribution is 0.329. The van der Waals surface area contributed by atoms with Gasteiger partial charge in [-0.15, -0.1) is 0 Å². The van der Waals surface area contributed by atoms with Crippen LogP contribution < -0.4 is 10.5 Å². The molecule has 0 bridgehead atoms.